The monoisotopic (exact) mass is 309 g/mol. The maximum absolute atomic E-state index is 12.7. The minimum Gasteiger partial charge on any atom is -0.370 e. The van der Waals surface area contributed by atoms with Crippen molar-refractivity contribution in [3.8, 4) is 0 Å². The molecule has 3 heterocycles. The largest absolute Gasteiger partial charge is 0.370 e. The number of morpholine rings is 1. The predicted octanol–water partition coefficient (Wildman–Crippen LogP) is 1.34. The van der Waals surface area contributed by atoms with Crippen LogP contribution in [-0.2, 0) is 4.74 Å². The van der Waals surface area contributed by atoms with Crippen LogP contribution in [0.2, 0.25) is 0 Å². The SMILES string of the molecule is O=C(c1ccc2nnnn2c1)N1CCOC(c2ccccc2)C1. The molecule has 1 unspecified atom stereocenters. The maximum atomic E-state index is 12.7. The Balaban J connectivity index is 1.55. The van der Waals surface area contributed by atoms with Crippen molar-refractivity contribution in [3.63, 3.8) is 0 Å². The van der Waals surface area contributed by atoms with Crippen molar-refractivity contribution in [2.24, 2.45) is 0 Å². The molecule has 1 atom stereocenters. The standard InChI is InChI=1S/C16H15N5O2/c22-16(13-6-7-15-17-18-19-21(15)10-13)20-8-9-23-14(11-20)12-4-2-1-3-5-12/h1-7,10,14H,8-9,11H2. The summed E-state index contributed by atoms with van der Waals surface area (Å²) in [5, 5.41) is 11.3. The highest BCUT2D eigenvalue weighted by Crippen LogP contribution is 2.23. The van der Waals surface area contributed by atoms with Crippen molar-refractivity contribution in [2.45, 2.75) is 6.10 Å². The molecular weight excluding hydrogens is 294 g/mol. The van der Waals surface area contributed by atoms with Crippen LogP contribution in [0.15, 0.2) is 48.7 Å². The fourth-order valence-corrected chi connectivity index (χ4v) is 2.75. The number of carbonyl (C=O) groups is 1. The summed E-state index contributed by atoms with van der Waals surface area (Å²) in [6.45, 7) is 1.64. The van der Waals surface area contributed by atoms with Crippen LogP contribution in [0.4, 0.5) is 0 Å². The zero-order valence-corrected chi connectivity index (χ0v) is 12.4. The summed E-state index contributed by atoms with van der Waals surface area (Å²) in [4.78, 5) is 14.5. The summed E-state index contributed by atoms with van der Waals surface area (Å²) >= 11 is 0. The Morgan fingerprint density at radius 1 is 1.17 bits per heavy atom. The predicted molar refractivity (Wildman–Crippen MR) is 81.8 cm³/mol. The van der Waals surface area contributed by atoms with E-state index < -0.39 is 0 Å². The minimum atomic E-state index is -0.0920. The number of hydrogen-bond donors (Lipinski definition) is 0. The van der Waals surface area contributed by atoms with Crippen molar-refractivity contribution in [1.82, 2.24) is 24.9 Å². The van der Waals surface area contributed by atoms with Gasteiger partial charge in [0, 0.05) is 12.7 Å². The quantitative estimate of drug-likeness (QED) is 0.714. The molecule has 0 radical (unpaired) electrons. The van der Waals surface area contributed by atoms with Gasteiger partial charge in [0.2, 0.25) is 0 Å². The average molecular weight is 309 g/mol. The molecule has 0 bridgehead atoms. The van der Waals surface area contributed by atoms with E-state index in [4.69, 9.17) is 4.74 Å². The van der Waals surface area contributed by atoms with E-state index in [0.29, 0.717) is 30.9 Å². The minimum absolute atomic E-state index is 0.0355. The molecule has 0 N–H and O–H groups in total. The van der Waals surface area contributed by atoms with Gasteiger partial charge >= 0.3 is 0 Å². The van der Waals surface area contributed by atoms with Gasteiger partial charge in [0.05, 0.1) is 18.7 Å². The lowest BCUT2D eigenvalue weighted by atomic mass is 10.1. The Bertz CT molecular complexity index is 833. The summed E-state index contributed by atoms with van der Waals surface area (Å²) in [5.74, 6) is -0.0355. The molecular formula is C16H15N5O2. The van der Waals surface area contributed by atoms with Crippen LogP contribution in [0, 0.1) is 0 Å². The first-order valence-corrected chi connectivity index (χ1v) is 7.45. The van der Waals surface area contributed by atoms with Gasteiger partial charge in [-0.25, -0.2) is 0 Å². The first-order valence-electron chi connectivity index (χ1n) is 7.45. The number of rotatable bonds is 2. The molecule has 1 aliphatic heterocycles. The smallest absolute Gasteiger partial charge is 0.255 e. The molecule has 1 fully saturated rings. The highest BCUT2D eigenvalue weighted by molar-refractivity contribution is 5.94. The molecule has 0 saturated carbocycles. The Kier molecular flexibility index (Phi) is 3.47. The van der Waals surface area contributed by atoms with E-state index in [-0.39, 0.29) is 12.0 Å². The van der Waals surface area contributed by atoms with E-state index in [1.165, 1.54) is 4.52 Å². The third-order valence-corrected chi connectivity index (χ3v) is 3.96. The molecule has 1 saturated heterocycles. The lowest BCUT2D eigenvalue weighted by Gasteiger charge is -2.33. The molecule has 0 aliphatic carbocycles. The van der Waals surface area contributed by atoms with Gasteiger partial charge in [-0.15, -0.1) is 5.10 Å². The van der Waals surface area contributed by atoms with E-state index in [1.807, 2.05) is 35.2 Å². The van der Waals surface area contributed by atoms with Gasteiger partial charge in [0.1, 0.15) is 6.10 Å². The topological polar surface area (TPSA) is 72.6 Å². The summed E-state index contributed by atoms with van der Waals surface area (Å²) in [6, 6.07) is 13.5. The maximum Gasteiger partial charge on any atom is 0.255 e. The highest BCUT2D eigenvalue weighted by Gasteiger charge is 2.26. The first-order chi connectivity index (χ1) is 11.3. The second-order valence-corrected chi connectivity index (χ2v) is 5.42. The zero-order valence-electron chi connectivity index (χ0n) is 12.4. The third-order valence-electron chi connectivity index (χ3n) is 3.96. The molecule has 1 aliphatic rings. The van der Waals surface area contributed by atoms with Crippen molar-refractivity contribution in [3.05, 3.63) is 59.8 Å². The Morgan fingerprint density at radius 2 is 2.04 bits per heavy atom. The van der Waals surface area contributed by atoms with Crippen molar-refractivity contribution < 1.29 is 9.53 Å². The number of aromatic nitrogens is 4. The molecule has 3 aromatic rings. The van der Waals surface area contributed by atoms with Gasteiger partial charge < -0.3 is 9.64 Å². The van der Waals surface area contributed by atoms with Crippen LogP contribution in [-0.4, -0.2) is 50.5 Å². The summed E-state index contributed by atoms with van der Waals surface area (Å²) in [5.41, 5.74) is 2.27. The third kappa shape index (κ3) is 2.66. The number of tetrazole rings is 1. The Hall–Kier alpha value is -2.80. The number of ether oxygens (including phenoxy) is 1. The van der Waals surface area contributed by atoms with Crippen LogP contribution < -0.4 is 0 Å². The molecule has 2 aromatic heterocycles. The van der Waals surface area contributed by atoms with Gasteiger partial charge in [-0.2, -0.15) is 4.52 Å². The van der Waals surface area contributed by atoms with Gasteiger partial charge in [-0.3, -0.25) is 4.79 Å². The molecule has 1 aromatic carbocycles. The number of carbonyl (C=O) groups excluding carboxylic acids is 1. The molecule has 116 valence electrons. The number of nitrogens with zero attached hydrogens (tertiary/aromatic N) is 5. The summed E-state index contributed by atoms with van der Waals surface area (Å²) in [7, 11) is 0. The fraction of sp³-hybridized carbons (Fsp3) is 0.250. The van der Waals surface area contributed by atoms with E-state index >= 15 is 0 Å². The number of fused-ring (bicyclic) bond motifs is 1. The van der Waals surface area contributed by atoms with E-state index in [0.717, 1.165) is 5.56 Å². The Labute approximate surface area is 132 Å². The average Bonchev–Trinajstić information content (AvgIpc) is 3.09. The summed E-state index contributed by atoms with van der Waals surface area (Å²) in [6.07, 6.45) is 1.57. The fourth-order valence-electron chi connectivity index (χ4n) is 2.75. The Morgan fingerprint density at radius 3 is 2.91 bits per heavy atom. The van der Waals surface area contributed by atoms with Crippen LogP contribution >= 0.6 is 0 Å². The molecule has 23 heavy (non-hydrogen) atoms. The van der Waals surface area contributed by atoms with Gasteiger partial charge in [-0.1, -0.05) is 30.3 Å². The number of benzene rings is 1. The molecule has 4 rings (SSSR count). The van der Waals surface area contributed by atoms with Crippen LogP contribution in [0.5, 0.6) is 0 Å². The van der Waals surface area contributed by atoms with Gasteiger partial charge in [-0.05, 0) is 28.1 Å². The van der Waals surface area contributed by atoms with E-state index in [9.17, 15) is 4.79 Å². The van der Waals surface area contributed by atoms with Crippen molar-refractivity contribution in [2.75, 3.05) is 19.7 Å². The second-order valence-electron chi connectivity index (χ2n) is 5.42. The number of pyridine rings is 1. The lowest BCUT2D eigenvalue weighted by molar-refractivity contribution is -0.0228. The van der Waals surface area contributed by atoms with Crippen LogP contribution in [0.3, 0.4) is 0 Å². The first kappa shape index (κ1) is 13.8. The van der Waals surface area contributed by atoms with E-state index in [2.05, 4.69) is 15.5 Å². The molecule has 0 spiro atoms. The van der Waals surface area contributed by atoms with Crippen molar-refractivity contribution in [1.29, 1.82) is 0 Å². The van der Waals surface area contributed by atoms with Crippen molar-refractivity contribution >= 4 is 11.6 Å². The highest BCUT2D eigenvalue weighted by atomic mass is 16.5. The summed E-state index contributed by atoms with van der Waals surface area (Å²) < 4.78 is 7.31. The number of amides is 1. The van der Waals surface area contributed by atoms with E-state index in [1.54, 1.807) is 18.3 Å². The molecule has 7 nitrogen and oxygen atoms in total. The normalized spacial score (nSPS) is 18.3. The van der Waals surface area contributed by atoms with Gasteiger partial charge in [0.25, 0.3) is 5.91 Å². The molecule has 7 heteroatoms. The van der Waals surface area contributed by atoms with Crippen LogP contribution in [0.25, 0.3) is 5.65 Å². The second kappa shape index (κ2) is 5.77. The number of hydrogen-bond acceptors (Lipinski definition) is 5. The van der Waals surface area contributed by atoms with Gasteiger partial charge in [0.15, 0.2) is 5.65 Å². The molecule has 1 amide bonds. The lowest BCUT2D eigenvalue weighted by Crippen LogP contribution is -2.42. The zero-order chi connectivity index (χ0) is 15.6. The van der Waals surface area contributed by atoms with Crippen LogP contribution in [0.1, 0.15) is 22.0 Å².